The van der Waals surface area contributed by atoms with E-state index in [1.165, 1.54) is 0 Å². The fraction of sp³-hybridized carbons (Fsp3) is 0.412. The van der Waals surface area contributed by atoms with Gasteiger partial charge in [0.2, 0.25) is 0 Å². The van der Waals surface area contributed by atoms with Gasteiger partial charge in [0.05, 0.1) is 17.7 Å². The van der Waals surface area contributed by atoms with Gasteiger partial charge in [0.15, 0.2) is 0 Å². The van der Waals surface area contributed by atoms with E-state index in [1.807, 2.05) is 49.0 Å². The Morgan fingerprint density at radius 2 is 1.95 bits per heavy atom. The molecule has 0 amide bonds. The number of nitrogens with zero attached hydrogens (tertiary/aromatic N) is 3. The van der Waals surface area contributed by atoms with Crippen LogP contribution in [0.3, 0.4) is 0 Å². The minimum Gasteiger partial charge on any atom is -0.381 e. The first kappa shape index (κ1) is 15.1. The standard InChI is InChI=1S/C17H22N4/c1-13(2)21-11-14(10-20-21)9-19-16-7-5-15(6-8-16)17(3,4)12-18/h5-8,10-11,13,19H,9H2,1-4H3. The van der Waals surface area contributed by atoms with Crippen LogP contribution >= 0.6 is 0 Å². The van der Waals surface area contributed by atoms with Crippen molar-refractivity contribution in [2.75, 3.05) is 5.32 Å². The van der Waals surface area contributed by atoms with E-state index in [1.54, 1.807) is 0 Å². The summed E-state index contributed by atoms with van der Waals surface area (Å²) in [6.45, 7) is 8.82. The largest absolute Gasteiger partial charge is 0.381 e. The smallest absolute Gasteiger partial charge is 0.0766 e. The number of rotatable bonds is 5. The lowest BCUT2D eigenvalue weighted by Gasteiger charge is -2.16. The van der Waals surface area contributed by atoms with Crippen LogP contribution < -0.4 is 5.32 Å². The highest BCUT2D eigenvalue weighted by molar-refractivity contribution is 5.47. The van der Waals surface area contributed by atoms with Crippen LogP contribution in [0.5, 0.6) is 0 Å². The molecule has 2 rings (SSSR count). The minimum atomic E-state index is -0.447. The molecule has 0 atom stereocenters. The van der Waals surface area contributed by atoms with Crippen molar-refractivity contribution in [1.82, 2.24) is 9.78 Å². The molecule has 0 fully saturated rings. The molecule has 4 nitrogen and oxygen atoms in total. The summed E-state index contributed by atoms with van der Waals surface area (Å²) < 4.78 is 1.95. The van der Waals surface area contributed by atoms with Crippen molar-refractivity contribution >= 4 is 5.69 Å². The first-order valence-corrected chi connectivity index (χ1v) is 7.21. The molecular weight excluding hydrogens is 260 g/mol. The molecule has 0 bridgehead atoms. The van der Waals surface area contributed by atoms with Crippen LogP contribution in [-0.2, 0) is 12.0 Å². The number of nitriles is 1. The van der Waals surface area contributed by atoms with Crippen molar-refractivity contribution in [3.05, 3.63) is 47.8 Å². The number of nitrogens with one attached hydrogen (secondary N) is 1. The van der Waals surface area contributed by atoms with Crippen LogP contribution in [-0.4, -0.2) is 9.78 Å². The molecule has 0 aliphatic carbocycles. The highest BCUT2D eigenvalue weighted by atomic mass is 15.3. The predicted octanol–water partition coefficient (Wildman–Crippen LogP) is 3.88. The highest BCUT2D eigenvalue weighted by Gasteiger charge is 2.18. The molecule has 0 radical (unpaired) electrons. The van der Waals surface area contributed by atoms with E-state index in [9.17, 15) is 0 Å². The summed E-state index contributed by atoms with van der Waals surface area (Å²) in [6, 6.07) is 10.7. The summed E-state index contributed by atoms with van der Waals surface area (Å²) in [7, 11) is 0. The molecule has 21 heavy (non-hydrogen) atoms. The summed E-state index contributed by atoms with van der Waals surface area (Å²) in [5, 5.41) is 16.8. The Kier molecular flexibility index (Phi) is 4.32. The number of benzene rings is 1. The number of anilines is 1. The second-order valence-corrected chi connectivity index (χ2v) is 6.09. The molecule has 0 saturated heterocycles. The predicted molar refractivity (Wildman–Crippen MR) is 85.0 cm³/mol. The number of hydrogen-bond donors (Lipinski definition) is 1. The van der Waals surface area contributed by atoms with Gasteiger partial charge in [-0.15, -0.1) is 0 Å². The van der Waals surface area contributed by atoms with Gasteiger partial charge < -0.3 is 5.32 Å². The van der Waals surface area contributed by atoms with E-state index in [0.717, 1.165) is 23.4 Å². The zero-order valence-corrected chi connectivity index (χ0v) is 13.1. The van der Waals surface area contributed by atoms with Gasteiger partial charge in [-0.05, 0) is 45.4 Å². The average molecular weight is 282 g/mol. The Morgan fingerprint density at radius 3 is 2.48 bits per heavy atom. The van der Waals surface area contributed by atoms with E-state index in [4.69, 9.17) is 5.26 Å². The highest BCUT2D eigenvalue weighted by Crippen LogP contribution is 2.23. The van der Waals surface area contributed by atoms with Gasteiger partial charge in [0.1, 0.15) is 0 Å². The van der Waals surface area contributed by atoms with Gasteiger partial charge in [0, 0.05) is 30.0 Å². The maximum absolute atomic E-state index is 9.14. The maximum atomic E-state index is 9.14. The van der Waals surface area contributed by atoms with Crippen LogP contribution in [0.4, 0.5) is 5.69 Å². The Morgan fingerprint density at radius 1 is 1.29 bits per heavy atom. The topological polar surface area (TPSA) is 53.6 Å². The molecule has 110 valence electrons. The van der Waals surface area contributed by atoms with E-state index in [-0.39, 0.29) is 0 Å². The quantitative estimate of drug-likeness (QED) is 0.905. The Hall–Kier alpha value is -2.28. The zero-order valence-electron chi connectivity index (χ0n) is 13.1. The molecule has 0 aliphatic heterocycles. The fourth-order valence-corrected chi connectivity index (χ4v) is 2.02. The van der Waals surface area contributed by atoms with E-state index >= 15 is 0 Å². The second-order valence-electron chi connectivity index (χ2n) is 6.09. The maximum Gasteiger partial charge on any atom is 0.0766 e. The summed E-state index contributed by atoms with van der Waals surface area (Å²) in [5.41, 5.74) is 2.79. The Balaban J connectivity index is 1.99. The SMILES string of the molecule is CC(C)n1cc(CNc2ccc(C(C)(C)C#N)cc2)cn1. The number of aromatic nitrogens is 2. The minimum absolute atomic E-state index is 0.381. The molecule has 1 aromatic heterocycles. The zero-order chi connectivity index (χ0) is 15.5. The molecular formula is C17H22N4. The molecule has 1 N–H and O–H groups in total. The molecule has 0 saturated carbocycles. The Bertz CT molecular complexity index is 630. The third-order valence-corrected chi connectivity index (χ3v) is 3.57. The molecule has 4 heteroatoms. The van der Waals surface area contributed by atoms with Crippen molar-refractivity contribution in [3.63, 3.8) is 0 Å². The lowest BCUT2D eigenvalue weighted by atomic mass is 9.86. The molecule has 0 unspecified atom stereocenters. The lowest BCUT2D eigenvalue weighted by Crippen LogP contribution is -2.13. The molecule has 2 aromatic rings. The van der Waals surface area contributed by atoms with Crippen LogP contribution in [0.2, 0.25) is 0 Å². The van der Waals surface area contributed by atoms with Crippen LogP contribution in [0.15, 0.2) is 36.7 Å². The monoisotopic (exact) mass is 282 g/mol. The van der Waals surface area contributed by atoms with Crippen LogP contribution in [0, 0.1) is 11.3 Å². The summed E-state index contributed by atoms with van der Waals surface area (Å²) >= 11 is 0. The van der Waals surface area contributed by atoms with E-state index < -0.39 is 5.41 Å². The van der Waals surface area contributed by atoms with Crippen molar-refractivity contribution in [3.8, 4) is 6.07 Å². The molecule has 1 aromatic carbocycles. The van der Waals surface area contributed by atoms with E-state index in [2.05, 4.69) is 36.5 Å². The third-order valence-electron chi connectivity index (χ3n) is 3.57. The van der Waals surface area contributed by atoms with Gasteiger partial charge in [-0.1, -0.05) is 12.1 Å². The second kappa shape index (κ2) is 6.01. The van der Waals surface area contributed by atoms with Crippen molar-refractivity contribution in [2.24, 2.45) is 0 Å². The van der Waals surface area contributed by atoms with Crippen molar-refractivity contribution in [2.45, 2.75) is 45.7 Å². The van der Waals surface area contributed by atoms with Crippen LogP contribution in [0.25, 0.3) is 0 Å². The Labute approximate surface area is 126 Å². The van der Waals surface area contributed by atoms with Gasteiger partial charge in [0.25, 0.3) is 0 Å². The van der Waals surface area contributed by atoms with Crippen molar-refractivity contribution < 1.29 is 0 Å². The fourth-order valence-electron chi connectivity index (χ4n) is 2.02. The van der Waals surface area contributed by atoms with Crippen LogP contribution in [0.1, 0.15) is 44.9 Å². The molecule has 0 aliphatic rings. The summed E-state index contributed by atoms with van der Waals surface area (Å²) in [5.74, 6) is 0. The van der Waals surface area contributed by atoms with Gasteiger partial charge in [-0.3, -0.25) is 4.68 Å². The normalized spacial score (nSPS) is 11.4. The van der Waals surface area contributed by atoms with Gasteiger partial charge >= 0.3 is 0 Å². The molecule has 0 spiro atoms. The van der Waals surface area contributed by atoms with Gasteiger partial charge in [-0.25, -0.2) is 0 Å². The average Bonchev–Trinajstić information content (AvgIpc) is 2.95. The first-order chi connectivity index (χ1) is 9.92. The lowest BCUT2D eigenvalue weighted by molar-refractivity contribution is 0.532. The molecule has 1 heterocycles. The first-order valence-electron chi connectivity index (χ1n) is 7.21. The number of hydrogen-bond acceptors (Lipinski definition) is 3. The van der Waals surface area contributed by atoms with Crippen molar-refractivity contribution in [1.29, 1.82) is 5.26 Å². The van der Waals surface area contributed by atoms with E-state index in [0.29, 0.717) is 6.04 Å². The summed E-state index contributed by atoms with van der Waals surface area (Å²) in [6.07, 6.45) is 3.95. The summed E-state index contributed by atoms with van der Waals surface area (Å²) in [4.78, 5) is 0. The third kappa shape index (κ3) is 3.63. The van der Waals surface area contributed by atoms with Gasteiger partial charge in [-0.2, -0.15) is 10.4 Å².